The first-order valence-electron chi connectivity index (χ1n) is 14.1. The fourth-order valence-electron chi connectivity index (χ4n) is 6.02. The van der Waals surface area contributed by atoms with Gasteiger partial charge in [-0.2, -0.15) is 0 Å². The van der Waals surface area contributed by atoms with Gasteiger partial charge in [-0.15, -0.1) is 0 Å². The van der Waals surface area contributed by atoms with Gasteiger partial charge in [0.05, 0.1) is 18.6 Å². The van der Waals surface area contributed by atoms with E-state index in [2.05, 4.69) is 26.8 Å². The summed E-state index contributed by atoms with van der Waals surface area (Å²) in [6, 6.07) is 7.79. The van der Waals surface area contributed by atoms with Gasteiger partial charge in [-0.1, -0.05) is 58.1 Å². The van der Waals surface area contributed by atoms with Crippen molar-refractivity contribution in [2.45, 2.75) is 103 Å². The molecule has 0 aromatic heterocycles. The lowest BCUT2D eigenvalue weighted by Gasteiger charge is -2.43. The minimum atomic E-state index is -0.746. The molecular formula is C31H42O7. The van der Waals surface area contributed by atoms with Crippen LogP contribution in [0.15, 0.2) is 48.1 Å². The number of aliphatic hydroxyl groups excluding tert-OH is 2. The highest BCUT2D eigenvalue weighted by atomic mass is 16.6. The summed E-state index contributed by atoms with van der Waals surface area (Å²) in [5.74, 6) is 0.529. The van der Waals surface area contributed by atoms with Crippen LogP contribution in [-0.4, -0.2) is 52.7 Å². The topological polar surface area (TPSA) is 102 Å². The molecule has 8 atom stereocenters. The third kappa shape index (κ3) is 6.86. The summed E-state index contributed by atoms with van der Waals surface area (Å²) >= 11 is 0. The van der Waals surface area contributed by atoms with Gasteiger partial charge in [-0.3, -0.25) is 4.79 Å². The molecule has 0 amide bonds. The summed E-state index contributed by atoms with van der Waals surface area (Å²) in [5, 5.41) is 20.6. The highest BCUT2D eigenvalue weighted by Gasteiger charge is 2.43. The van der Waals surface area contributed by atoms with Crippen LogP contribution in [0.2, 0.25) is 0 Å². The first-order valence-corrected chi connectivity index (χ1v) is 14.1. The van der Waals surface area contributed by atoms with Crippen molar-refractivity contribution in [3.8, 4) is 5.75 Å². The third-order valence-electron chi connectivity index (χ3n) is 8.16. The average molecular weight is 527 g/mol. The van der Waals surface area contributed by atoms with E-state index in [-0.39, 0.29) is 36.2 Å². The minimum absolute atomic E-state index is 0.0486. The van der Waals surface area contributed by atoms with Gasteiger partial charge in [0.2, 0.25) is 0 Å². The van der Waals surface area contributed by atoms with Gasteiger partial charge < -0.3 is 24.4 Å². The molecule has 2 N–H and O–H groups in total. The van der Waals surface area contributed by atoms with Crippen LogP contribution in [0.1, 0.15) is 77.7 Å². The second-order valence-corrected chi connectivity index (χ2v) is 11.4. The van der Waals surface area contributed by atoms with Crippen LogP contribution >= 0.6 is 0 Å². The number of rotatable bonds is 9. The van der Waals surface area contributed by atoms with Crippen molar-refractivity contribution < 1.29 is 34.0 Å². The first kappa shape index (κ1) is 28.4. The minimum Gasteiger partial charge on any atom is -0.479 e. The Kier molecular flexibility index (Phi) is 9.32. The molecule has 7 heteroatoms. The van der Waals surface area contributed by atoms with E-state index >= 15 is 0 Å². The van der Waals surface area contributed by atoms with Gasteiger partial charge in [0.25, 0.3) is 0 Å². The summed E-state index contributed by atoms with van der Waals surface area (Å²) in [6.45, 7) is 8.29. The number of cyclic esters (lactones) is 1. The number of allylic oxidation sites excluding steroid dienone is 2. The SMILES string of the molecule is CCC(Oc1ccc(C(C)C)cc1)C(=O)O[C@H]1C[C@H](O)C=C2C=C[C@H](C)[C@H](CC[C@@H]3C[C@@H](O)CC(=O)O3)[C@H]21. The van der Waals surface area contributed by atoms with Crippen molar-refractivity contribution in [2.75, 3.05) is 0 Å². The van der Waals surface area contributed by atoms with Crippen LogP contribution in [0.4, 0.5) is 0 Å². The first-order chi connectivity index (χ1) is 18.1. The molecule has 0 spiro atoms. The third-order valence-corrected chi connectivity index (χ3v) is 8.16. The molecule has 0 bridgehead atoms. The van der Waals surface area contributed by atoms with Crippen molar-refractivity contribution in [3.63, 3.8) is 0 Å². The molecule has 1 unspecified atom stereocenters. The van der Waals surface area contributed by atoms with Crippen LogP contribution in [0, 0.1) is 17.8 Å². The van der Waals surface area contributed by atoms with E-state index in [1.54, 1.807) is 0 Å². The zero-order valence-corrected chi connectivity index (χ0v) is 22.9. The zero-order chi connectivity index (χ0) is 27.4. The fourth-order valence-corrected chi connectivity index (χ4v) is 6.02. The smallest absolute Gasteiger partial charge is 0.347 e. The van der Waals surface area contributed by atoms with Gasteiger partial charge in [-0.25, -0.2) is 4.79 Å². The van der Waals surface area contributed by atoms with E-state index in [9.17, 15) is 19.8 Å². The molecule has 1 aromatic carbocycles. The molecule has 4 rings (SSSR count). The Labute approximate surface area is 225 Å². The summed E-state index contributed by atoms with van der Waals surface area (Å²) in [7, 11) is 0. The Morgan fingerprint density at radius 1 is 1.13 bits per heavy atom. The monoisotopic (exact) mass is 526 g/mol. The Morgan fingerprint density at radius 3 is 2.53 bits per heavy atom. The Morgan fingerprint density at radius 2 is 1.87 bits per heavy atom. The van der Waals surface area contributed by atoms with E-state index in [4.69, 9.17) is 14.2 Å². The molecule has 0 radical (unpaired) electrons. The van der Waals surface area contributed by atoms with Crippen LogP contribution < -0.4 is 4.74 Å². The molecule has 1 heterocycles. The van der Waals surface area contributed by atoms with Crippen molar-refractivity contribution in [1.29, 1.82) is 0 Å². The van der Waals surface area contributed by atoms with Crippen LogP contribution in [-0.2, 0) is 19.1 Å². The van der Waals surface area contributed by atoms with Gasteiger partial charge in [0.1, 0.15) is 18.0 Å². The lowest BCUT2D eigenvalue weighted by Crippen LogP contribution is -2.44. The Hall–Kier alpha value is -2.64. The number of hydrogen-bond donors (Lipinski definition) is 2. The number of esters is 2. The molecule has 1 fully saturated rings. The highest BCUT2D eigenvalue weighted by Crippen LogP contribution is 2.44. The molecule has 3 aliphatic rings. The second-order valence-electron chi connectivity index (χ2n) is 11.4. The molecule has 1 saturated heterocycles. The predicted octanol–water partition coefficient (Wildman–Crippen LogP) is 4.86. The van der Waals surface area contributed by atoms with Gasteiger partial charge in [-0.05, 0) is 60.3 Å². The normalized spacial score (nSPS) is 31.7. The van der Waals surface area contributed by atoms with E-state index < -0.39 is 30.4 Å². The van der Waals surface area contributed by atoms with Crippen molar-refractivity contribution >= 4 is 11.9 Å². The summed E-state index contributed by atoms with van der Waals surface area (Å²) in [6.07, 6.45) is 5.77. The molecule has 1 aromatic rings. The van der Waals surface area contributed by atoms with Crippen molar-refractivity contribution in [3.05, 3.63) is 53.6 Å². The number of carbonyl (C=O) groups excluding carboxylic acids is 2. The standard InChI is InChI=1S/C31H42O7/c1-5-27(36-24-10-8-20(9-11-24)18(2)3)31(35)38-28-16-22(32)14-21-7-6-19(4)26(30(21)28)13-12-25-15-23(33)17-29(34)37-25/h6-11,14,18-19,22-23,25-28,30,32-33H,5,12-13,15-17H2,1-4H3/t19-,22+,23+,25+,26-,27?,28-,30-/m0/s1. The maximum atomic E-state index is 13.3. The fraction of sp³-hybridized carbons (Fsp3) is 0.613. The van der Waals surface area contributed by atoms with E-state index in [0.29, 0.717) is 37.4 Å². The summed E-state index contributed by atoms with van der Waals surface area (Å²) in [4.78, 5) is 25.1. The number of benzene rings is 1. The van der Waals surface area contributed by atoms with Gasteiger partial charge in [0.15, 0.2) is 6.10 Å². The molecule has 38 heavy (non-hydrogen) atoms. The van der Waals surface area contributed by atoms with Crippen LogP contribution in [0.3, 0.4) is 0 Å². The van der Waals surface area contributed by atoms with Crippen LogP contribution in [0.25, 0.3) is 0 Å². The summed E-state index contributed by atoms with van der Waals surface area (Å²) in [5.41, 5.74) is 2.18. The van der Waals surface area contributed by atoms with Crippen molar-refractivity contribution in [1.82, 2.24) is 0 Å². The van der Waals surface area contributed by atoms with E-state index in [1.165, 1.54) is 5.56 Å². The predicted molar refractivity (Wildman–Crippen MR) is 143 cm³/mol. The molecule has 1 aliphatic heterocycles. The molecular weight excluding hydrogens is 484 g/mol. The van der Waals surface area contributed by atoms with E-state index in [0.717, 1.165) is 12.0 Å². The number of hydrogen-bond acceptors (Lipinski definition) is 7. The van der Waals surface area contributed by atoms with E-state index in [1.807, 2.05) is 43.3 Å². The maximum absolute atomic E-state index is 13.3. The van der Waals surface area contributed by atoms with Crippen LogP contribution in [0.5, 0.6) is 5.75 Å². The van der Waals surface area contributed by atoms with Gasteiger partial charge in [0, 0.05) is 18.8 Å². The largest absolute Gasteiger partial charge is 0.479 e. The average Bonchev–Trinajstić information content (AvgIpc) is 2.86. The summed E-state index contributed by atoms with van der Waals surface area (Å²) < 4.78 is 17.6. The number of ether oxygens (including phenoxy) is 3. The quantitative estimate of drug-likeness (QED) is 0.443. The highest BCUT2D eigenvalue weighted by molar-refractivity contribution is 5.75. The molecule has 208 valence electrons. The Bertz CT molecular complexity index is 1030. The van der Waals surface area contributed by atoms with Crippen molar-refractivity contribution in [2.24, 2.45) is 17.8 Å². The molecule has 2 aliphatic carbocycles. The second kappa shape index (κ2) is 12.5. The number of fused-ring (bicyclic) bond motifs is 1. The maximum Gasteiger partial charge on any atom is 0.347 e. The zero-order valence-electron chi connectivity index (χ0n) is 22.9. The number of aliphatic hydroxyl groups is 2. The lowest BCUT2D eigenvalue weighted by molar-refractivity contribution is -0.165. The molecule has 7 nitrogen and oxygen atoms in total. The van der Waals surface area contributed by atoms with Gasteiger partial charge >= 0.3 is 11.9 Å². The Balaban J connectivity index is 1.45. The molecule has 0 saturated carbocycles. The number of carbonyl (C=O) groups is 2. The lowest BCUT2D eigenvalue weighted by atomic mass is 9.66.